The second kappa shape index (κ2) is 8.89. The van der Waals surface area contributed by atoms with Crippen LogP contribution in [0.2, 0.25) is 0 Å². The first-order valence-corrected chi connectivity index (χ1v) is 7.42. The topological polar surface area (TPSA) is 24.1 Å². The van der Waals surface area contributed by atoms with E-state index in [-0.39, 0.29) is 0 Å². The smallest absolute Gasteiger partial charge is 0.0205 e. The molecule has 0 unspecified atom stereocenters. The van der Waals surface area contributed by atoms with E-state index in [2.05, 4.69) is 71.3 Å². The standard InChI is InChI=1S/C14H23IN2/c1-12(2)10-16-8-3-9-17-11-13-4-6-14(15)7-5-13/h4-7,12,16-17H,3,8-11H2,1-2H3. The Labute approximate surface area is 119 Å². The van der Waals surface area contributed by atoms with Crippen molar-refractivity contribution in [2.45, 2.75) is 26.8 Å². The van der Waals surface area contributed by atoms with E-state index in [1.54, 1.807) is 0 Å². The molecule has 0 fully saturated rings. The number of benzene rings is 1. The van der Waals surface area contributed by atoms with Gasteiger partial charge >= 0.3 is 0 Å². The van der Waals surface area contributed by atoms with E-state index >= 15 is 0 Å². The number of hydrogen-bond donors (Lipinski definition) is 2. The molecule has 0 heterocycles. The van der Waals surface area contributed by atoms with Crippen molar-refractivity contribution in [1.82, 2.24) is 10.6 Å². The molecule has 0 saturated heterocycles. The van der Waals surface area contributed by atoms with Gasteiger partial charge in [0.15, 0.2) is 0 Å². The molecule has 0 radical (unpaired) electrons. The summed E-state index contributed by atoms with van der Waals surface area (Å²) >= 11 is 2.33. The average molecular weight is 346 g/mol. The number of rotatable bonds is 8. The van der Waals surface area contributed by atoms with Crippen LogP contribution in [-0.4, -0.2) is 19.6 Å². The fourth-order valence-electron chi connectivity index (χ4n) is 1.56. The molecule has 96 valence electrons. The van der Waals surface area contributed by atoms with Gasteiger partial charge in [0.05, 0.1) is 0 Å². The van der Waals surface area contributed by atoms with Crippen LogP contribution < -0.4 is 10.6 Å². The highest BCUT2D eigenvalue weighted by atomic mass is 127. The summed E-state index contributed by atoms with van der Waals surface area (Å²) in [6.45, 7) is 8.76. The third-order valence-corrected chi connectivity index (χ3v) is 3.22. The van der Waals surface area contributed by atoms with E-state index in [9.17, 15) is 0 Å². The van der Waals surface area contributed by atoms with Crippen LogP contribution in [-0.2, 0) is 6.54 Å². The fraction of sp³-hybridized carbons (Fsp3) is 0.571. The van der Waals surface area contributed by atoms with E-state index in [0.29, 0.717) is 0 Å². The molecule has 3 heteroatoms. The number of hydrogen-bond acceptors (Lipinski definition) is 2. The van der Waals surface area contributed by atoms with E-state index in [1.807, 2.05) is 0 Å². The predicted octanol–water partition coefficient (Wildman–Crippen LogP) is 3.02. The molecule has 0 aromatic heterocycles. The molecule has 0 aliphatic carbocycles. The summed E-state index contributed by atoms with van der Waals surface area (Å²) in [4.78, 5) is 0. The van der Waals surface area contributed by atoms with E-state index in [4.69, 9.17) is 0 Å². The maximum Gasteiger partial charge on any atom is 0.0205 e. The molecular formula is C14H23IN2. The zero-order chi connectivity index (χ0) is 12.5. The van der Waals surface area contributed by atoms with Crippen LogP contribution in [0.15, 0.2) is 24.3 Å². The van der Waals surface area contributed by atoms with Gasteiger partial charge in [-0.2, -0.15) is 0 Å². The molecule has 2 nitrogen and oxygen atoms in total. The van der Waals surface area contributed by atoms with Crippen LogP contribution in [0.1, 0.15) is 25.8 Å². The lowest BCUT2D eigenvalue weighted by Crippen LogP contribution is -2.24. The van der Waals surface area contributed by atoms with Crippen LogP contribution in [0.4, 0.5) is 0 Å². The van der Waals surface area contributed by atoms with E-state index in [1.165, 1.54) is 15.6 Å². The van der Waals surface area contributed by atoms with Gasteiger partial charge in [-0.1, -0.05) is 26.0 Å². The van der Waals surface area contributed by atoms with E-state index in [0.717, 1.165) is 32.1 Å². The van der Waals surface area contributed by atoms with Crippen molar-refractivity contribution in [2.24, 2.45) is 5.92 Å². The van der Waals surface area contributed by atoms with Gasteiger partial charge in [0, 0.05) is 10.1 Å². The minimum absolute atomic E-state index is 0.745. The number of halogens is 1. The third kappa shape index (κ3) is 7.73. The van der Waals surface area contributed by atoms with E-state index < -0.39 is 0 Å². The second-order valence-corrected chi connectivity index (χ2v) is 6.00. The van der Waals surface area contributed by atoms with Gasteiger partial charge in [-0.05, 0) is 72.3 Å². The van der Waals surface area contributed by atoms with Gasteiger partial charge in [-0.25, -0.2) is 0 Å². The van der Waals surface area contributed by atoms with Crippen molar-refractivity contribution in [1.29, 1.82) is 0 Å². The van der Waals surface area contributed by atoms with Gasteiger partial charge in [0.1, 0.15) is 0 Å². The Hall–Kier alpha value is -0.130. The molecule has 0 amide bonds. The van der Waals surface area contributed by atoms with Gasteiger partial charge in [-0.3, -0.25) is 0 Å². The summed E-state index contributed by atoms with van der Waals surface area (Å²) in [5.41, 5.74) is 1.36. The lowest BCUT2D eigenvalue weighted by atomic mass is 10.2. The van der Waals surface area contributed by atoms with Crippen molar-refractivity contribution < 1.29 is 0 Å². The molecule has 1 aromatic carbocycles. The molecule has 0 spiro atoms. The molecular weight excluding hydrogens is 323 g/mol. The van der Waals surface area contributed by atoms with Gasteiger partial charge in [0.25, 0.3) is 0 Å². The van der Waals surface area contributed by atoms with Crippen LogP contribution >= 0.6 is 22.6 Å². The van der Waals surface area contributed by atoms with Gasteiger partial charge < -0.3 is 10.6 Å². The minimum Gasteiger partial charge on any atom is -0.316 e. The summed E-state index contributed by atoms with van der Waals surface area (Å²) in [5.74, 6) is 0.745. The first kappa shape index (κ1) is 14.9. The first-order chi connectivity index (χ1) is 8.18. The summed E-state index contributed by atoms with van der Waals surface area (Å²) in [6, 6.07) is 8.68. The third-order valence-electron chi connectivity index (χ3n) is 2.50. The van der Waals surface area contributed by atoms with Crippen LogP contribution in [0.5, 0.6) is 0 Å². The quantitative estimate of drug-likeness (QED) is 0.559. The maximum atomic E-state index is 3.47. The normalized spacial score (nSPS) is 11.1. The Morgan fingerprint density at radius 3 is 2.35 bits per heavy atom. The summed E-state index contributed by atoms with van der Waals surface area (Å²) in [6.07, 6.45) is 1.19. The van der Waals surface area contributed by atoms with Crippen LogP contribution in [0.25, 0.3) is 0 Å². The zero-order valence-electron chi connectivity index (χ0n) is 10.8. The Morgan fingerprint density at radius 1 is 1.06 bits per heavy atom. The Kier molecular flexibility index (Phi) is 7.81. The van der Waals surface area contributed by atoms with Crippen molar-refractivity contribution >= 4 is 22.6 Å². The maximum absolute atomic E-state index is 3.47. The largest absolute Gasteiger partial charge is 0.316 e. The molecule has 1 aromatic rings. The Balaban J connectivity index is 1.99. The highest BCUT2D eigenvalue weighted by Crippen LogP contribution is 2.06. The molecule has 0 aliphatic heterocycles. The summed E-state index contributed by atoms with van der Waals surface area (Å²) < 4.78 is 1.30. The molecule has 1 rings (SSSR count). The SMILES string of the molecule is CC(C)CNCCCNCc1ccc(I)cc1. The Morgan fingerprint density at radius 2 is 1.71 bits per heavy atom. The van der Waals surface area contributed by atoms with Crippen molar-refractivity contribution in [3.8, 4) is 0 Å². The summed E-state index contributed by atoms with van der Waals surface area (Å²) in [5, 5.41) is 6.92. The lowest BCUT2D eigenvalue weighted by molar-refractivity contribution is 0.530. The van der Waals surface area contributed by atoms with Gasteiger partial charge in [-0.15, -0.1) is 0 Å². The first-order valence-electron chi connectivity index (χ1n) is 6.34. The molecule has 17 heavy (non-hydrogen) atoms. The Bertz CT molecular complexity index is 296. The van der Waals surface area contributed by atoms with Crippen molar-refractivity contribution in [3.05, 3.63) is 33.4 Å². The zero-order valence-corrected chi connectivity index (χ0v) is 13.0. The van der Waals surface area contributed by atoms with Crippen LogP contribution in [0.3, 0.4) is 0 Å². The average Bonchev–Trinajstić information content (AvgIpc) is 2.30. The molecule has 0 aliphatic rings. The lowest BCUT2D eigenvalue weighted by Gasteiger charge is -2.08. The highest BCUT2D eigenvalue weighted by molar-refractivity contribution is 14.1. The van der Waals surface area contributed by atoms with Gasteiger partial charge in [0.2, 0.25) is 0 Å². The van der Waals surface area contributed by atoms with Crippen molar-refractivity contribution in [3.63, 3.8) is 0 Å². The highest BCUT2D eigenvalue weighted by Gasteiger charge is 1.94. The minimum atomic E-state index is 0.745. The molecule has 0 saturated carbocycles. The van der Waals surface area contributed by atoms with Crippen LogP contribution in [0, 0.1) is 9.49 Å². The molecule has 0 atom stereocenters. The molecule has 2 N–H and O–H groups in total. The number of nitrogens with one attached hydrogen (secondary N) is 2. The molecule has 0 bridgehead atoms. The monoisotopic (exact) mass is 346 g/mol. The fourth-order valence-corrected chi connectivity index (χ4v) is 1.92. The summed E-state index contributed by atoms with van der Waals surface area (Å²) in [7, 11) is 0. The van der Waals surface area contributed by atoms with Crippen molar-refractivity contribution in [2.75, 3.05) is 19.6 Å². The second-order valence-electron chi connectivity index (χ2n) is 4.75. The predicted molar refractivity (Wildman–Crippen MR) is 83.2 cm³/mol.